The second-order valence-corrected chi connectivity index (χ2v) is 5.55. The van der Waals surface area contributed by atoms with Crippen LogP contribution in [0.4, 0.5) is 13.2 Å². The molecule has 0 bridgehead atoms. The monoisotopic (exact) mass is 337 g/mol. The molecule has 0 saturated heterocycles. The standard InChI is InChI=1S/C16H14F3N3O2/c1-9-6-21-13(7-20-9)10-2-3-14-11(4-10)5-12(8-24-14)22-15(23)16(17,18)19/h2-4,6-7,12H,5,8H2,1H3,(H,22,23). The smallest absolute Gasteiger partial charge is 0.471 e. The summed E-state index contributed by atoms with van der Waals surface area (Å²) in [5, 5.41) is 1.95. The second-order valence-electron chi connectivity index (χ2n) is 5.55. The fraction of sp³-hybridized carbons (Fsp3) is 0.312. The van der Waals surface area contributed by atoms with Crippen LogP contribution in [0.3, 0.4) is 0 Å². The van der Waals surface area contributed by atoms with Crippen LogP contribution < -0.4 is 10.1 Å². The third-order valence-corrected chi connectivity index (χ3v) is 3.64. The molecule has 2 heterocycles. The Morgan fingerprint density at radius 3 is 2.75 bits per heavy atom. The van der Waals surface area contributed by atoms with Gasteiger partial charge in [0.2, 0.25) is 0 Å². The van der Waals surface area contributed by atoms with Gasteiger partial charge in [-0.05, 0) is 37.1 Å². The molecule has 24 heavy (non-hydrogen) atoms. The Morgan fingerprint density at radius 1 is 1.29 bits per heavy atom. The molecule has 2 aromatic rings. The van der Waals surface area contributed by atoms with Gasteiger partial charge in [-0.15, -0.1) is 0 Å². The maximum Gasteiger partial charge on any atom is 0.471 e. The van der Waals surface area contributed by atoms with Gasteiger partial charge in [-0.25, -0.2) is 0 Å². The summed E-state index contributed by atoms with van der Waals surface area (Å²) >= 11 is 0. The lowest BCUT2D eigenvalue weighted by atomic mass is 9.99. The van der Waals surface area contributed by atoms with Crippen molar-refractivity contribution in [1.82, 2.24) is 15.3 Å². The van der Waals surface area contributed by atoms with E-state index in [0.29, 0.717) is 17.0 Å². The van der Waals surface area contributed by atoms with Crippen molar-refractivity contribution in [3.8, 4) is 17.0 Å². The number of nitrogens with zero attached hydrogens (tertiary/aromatic N) is 2. The molecule has 0 aliphatic carbocycles. The van der Waals surface area contributed by atoms with Crippen molar-refractivity contribution in [2.75, 3.05) is 6.61 Å². The molecule has 0 radical (unpaired) electrons. The fourth-order valence-corrected chi connectivity index (χ4v) is 2.46. The van der Waals surface area contributed by atoms with Crippen LogP contribution in [-0.2, 0) is 11.2 Å². The lowest BCUT2D eigenvalue weighted by Crippen LogP contribution is -2.47. The van der Waals surface area contributed by atoms with Gasteiger partial charge in [0.1, 0.15) is 12.4 Å². The van der Waals surface area contributed by atoms with Crippen LogP contribution in [0, 0.1) is 6.92 Å². The average Bonchev–Trinajstić information content (AvgIpc) is 2.54. The number of aryl methyl sites for hydroxylation is 1. The van der Waals surface area contributed by atoms with E-state index in [1.54, 1.807) is 24.5 Å². The topological polar surface area (TPSA) is 64.1 Å². The molecule has 1 aliphatic rings. The zero-order valence-electron chi connectivity index (χ0n) is 12.7. The molecule has 0 fully saturated rings. The number of hydrogen-bond acceptors (Lipinski definition) is 4. The van der Waals surface area contributed by atoms with Crippen molar-refractivity contribution in [1.29, 1.82) is 0 Å². The Kier molecular flexibility index (Phi) is 4.13. The third-order valence-electron chi connectivity index (χ3n) is 3.64. The molecular weight excluding hydrogens is 323 g/mol. The van der Waals surface area contributed by atoms with Gasteiger partial charge in [-0.2, -0.15) is 13.2 Å². The van der Waals surface area contributed by atoms with E-state index >= 15 is 0 Å². The van der Waals surface area contributed by atoms with Crippen molar-refractivity contribution in [2.45, 2.75) is 25.6 Å². The van der Waals surface area contributed by atoms with Crippen LogP contribution in [0.5, 0.6) is 5.75 Å². The summed E-state index contributed by atoms with van der Waals surface area (Å²) in [5.41, 5.74) is 2.95. The minimum Gasteiger partial charge on any atom is -0.491 e. The zero-order valence-corrected chi connectivity index (χ0v) is 12.7. The van der Waals surface area contributed by atoms with E-state index in [-0.39, 0.29) is 13.0 Å². The van der Waals surface area contributed by atoms with Crippen molar-refractivity contribution in [2.24, 2.45) is 0 Å². The van der Waals surface area contributed by atoms with E-state index in [0.717, 1.165) is 11.3 Å². The molecule has 1 aromatic heterocycles. The molecule has 0 spiro atoms. The molecule has 1 aliphatic heterocycles. The van der Waals surface area contributed by atoms with Crippen molar-refractivity contribution < 1.29 is 22.7 Å². The van der Waals surface area contributed by atoms with Gasteiger partial charge in [0.25, 0.3) is 0 Å². The van der Waals surface area contributed by atoms with E-state index in [2.05, 4.69) is 9.97 Å². The number of ether oxygens (including phenoxy) is 1. The SMILES string of the molecule is Cc1cnc(-c2ccc3c(c2)CC(NC(=O)C(F)(F)F)CO3)cn1. The molecule has 3 rings (SSSR count). The normalized spacial score (nSPS) is 16.9. The summed E-state index contributed by atoms with van der Waals surface area (Å²) in [6.45, 7) is 1.82. The first-order chi connectivity index (χ1) is 11.3. The molecule has 1 aromatic carbocycles. The highest BCUT2D eigenvalue weighted by molar-refractivity contribution is 5.82. The first-order valence-electron chi connectivity index (χ1n) is 7.25. The lowest BCUT2D eigenvalue weighted by Gasteiger charge is -2.26. The fourth-order valence-electron chi connectivity index (χ4n) is 2.46. The van der Waals surface area contributed by atoms with E-state index in [4.69, 9.17) is 4.74 Å². The molecule has 1 atom stereocenters. The van der Waals surface area contributed by atoms with Crippen LogP contribution >= 0.6 is 0 Å². The third kappa shape index (κ3) is 3.47. The van der Waals surface area contributed by atoms with Gasteiger partial charge in [0.05, 0.1) is 23.6 Å². The summed E-state index contributed by atoms with van der Waals surface area (Å²) in [6.07, 6.45) is -1.38. The van der Waals surface area contributed by atoms with E-state index in [1.165, 1.54) is 0 Å². The van der Waals surface area contributed by atoms with Crippen molar-refractivity contribution in [3.05, 3.63) is 41.9 Å². The number of alkyl halides is 3. The Bertz CT molecular complexity index is 760. The van der Waals surface area contributed by atoms with Gasteiger partial charge in [-0.3, -0.25) is 14.8 Å². The number of hydrogen-bond donors (Lipinski definition) is 1. The van der Waals surface area contributed by atoms with Crippen LogP contribution in [0.1, 0.15) is 11.3 Å². The Hall–Kier alpha value is -2.64. The average molecular weight is 337 g/mol. The highest BCUT2D eigenvalue weighted by Gasteiger charge is 2.40. The minimum absolute atomic E-state index is 0.00148. The van der Waals surface area contributed by atoms with Crippen LogP contribution in [0.15, 0.2) is 30.6 Å². The lowest BCUT2D eigenvalue weighted by molar-refractivity contribution is -0.174. The number of carbonyl (C=O) groups is 1. The van der Waals surface area contributed by atoms with Gasteiger partial charge >= 0.3 is 12.1 Å². The molecule has 1 unspecified atom stereocenters. The predicted octanol–water partition coefficient (Wildman–Crippen LogP) is 2.43. The summed E-state index contributed by atoms with van der Waals surface area (Å²) in [7, 11) is 0. The van der Waals surface area contributed by atoms with Crippen LogP contribution in [0.2, 0.25) is 0 Å². The molecule has 5 nitrogen and oxygen atoms in total. The van der Waals surface area contributed by atoms with Crippen molar-refractivity contribution in [3.63, 3.8) is 0 Å². The first kappa shape index (κ1) is 16.2. The number of amides is 1. The Labute approximate surface area is 135 Å². The number of halogens is 3. The van der Waals surface area contributed by atoms with Gasteiger partial charge in [-0.1, -0.05) is 0 Å². The van der Waals surface area contributed by atoms with E-state index in [1.807, 2.05) is 18.3 Å². The quantitative estimate of drug-likeness (QED) is 0.914. The number of aromatic nitrogens is 2. The van der Waals surface area contributed by atoms with Crippen LogP contribution in [0.25, 0.3) is 11.3 Å². The molecule has 126 valence electrons. The highest BCUT2D eigenvalue weighted by atomic mass is 19.4. The number of benzene rings is 1. The molecule has 1 N–H and O–H groups in total. The largest absolute Gasteiger partial charge is 0.491 e. The summed E-state index contributed by atoms with van der Waals surface area (Å²) in [5.74, 6) is -1.36. The van der Waals surface area contributed by atoms with E-state index in [9.17, 15) is 18.0 Å². The van der Waals surface area contributed by atoms with Gasteiger partial charge in [0, 0.05) is 11.8 Å². The summed E-state index contributed by atoms with van der Waals surface area (Å²) in [6, 6.07) is 4.62. The van der Waals surface area contributed by atoms with Gasteiger partial charge in [0.15, 0.2) is 0 Å². The predicted molar refractivity (Wildman–Crippen MR) is 79.4 cm³/mol. The number of fused-ring (bicyclic) bond motifs is 1. The maximum absolute atomic E-state index is 12.4. The van der Waals surface area contributed by atoms with Crippen LogP contribution in [-0.4, -0.2) is 34.7 Å². The van der Waals surface area contributed by atoms with E-state index < -0.39 is 18.1 Å². The number of rotatable bonds is 2. The first-order valence-corrected chi connectivity index (χ1v) is 7.25. The van der Waals surface area contributed by atoms with Gasteiger partial charge < -0.3 is 10.1 Å². The Morgan fingerprint density at radius 2 is 2.08 bits per heavy atom. The molecule has 1 amide bonds. The highest BCUT2D eigenvalue weighted by Crippen LogP contribution is 2.29. The van der Waals surface area contributed by atoms with Crippen molar-refractivity contribution >= 4 is 5.91 Å². The number of nitrogens with one attached hydrogen (secondary N) is 1. The minimum atomic E-state index is -4.90. The second kappa shape index (κ2) is 6.10. The summed E-state index contributed by atoms with van der Waals surface area (Å²) < 4.78 is 42.5. The molecular formula is C16H14F3N3O2. The zero-order chi connectivity index (χ0) is 17.3. The molecule has 0 saturated carbocycles. The molecule has 8 heteroatoms. The summed E-state index contributed by atoms with van der Waals surface area (Å²) in [4.78, 5) is 19.5. The Balaban J connectivity index is 1.79. The number of carbonyl (C=O) groups excluding carboxylic acids is 1. The maximum atomic E-state index is 12.4.